The Bertz CT molecular complexity index is 673. The van der Waals surface area contributed by atoms with Crippen molar-refractivity contribution in [2.45, 2.75) is 26.3 Å². The molecule has 0 aliphatic carbocycles. The Labute approximate surface area is 121 Å². The lowest BCUT2D eigenvalue weighted by Gasteiger charge is -2.09. The first-order valence-electron chi connectivity index (χ1n) is 6.60. The number of hydrogen-bond acceptors (Lipinski definition) is 6. The van der Waals surface area contributed by atoms with Gasteiger partial charge in [0.25, 0.3) is 0 Å². The summed E-state index contributed by atoms with van der Waals surface area (Å²) < 4.78 is 6.17. The van der Waals surface area contributed by atoms with Crippen LogP contribution >= 0.6 is 11.3 Å². The van der Waals surface area contributed by atoms with Crippen molar-refractivity contribution in [3.05, 3.63) is 41.0 Å². The standard InChI is InChI=1S/C14H16N4OS/c1-9(15-8-7-13-16-10(2)19-18-13)14-17-11-5-3-4-6-12(11)20-14/h3-6,9,15H,7-8H2,1-2H3. The van der Waals surface area contributed by atoms with Gasteiger partial charge in [0.2, 0.25) is 5.89 Å². The van der Waals surface area contributed by atoms with Gasteiger partial charge in [-0.25, -0.2) is 4.98 Å². The van der Waals surface area contributed by atoms with E-state index in [4.69, 9.17) is 4.52 Å². The molecule has 3 aromatic rings. The molecule has 0 aliphatic heterocycles. The molecule has 0 aliphatic rings. The Morgan fingerprint density at radius 2 is 2.15 bits per heavy atom. The molecule has 1 unspecified atom stereocenters. The van der Waals surface area contributed by atoms with Crippen molar-refractivity contribution in [2.24, 2.45) is 0 Å². The number of hydrogen-bond donors (Lipinski definition) is 1. The molecule has 0 spiro atoms. The first-order chi connectivity index (χ1) is 9.72. The van der Waals surface area contributed by atoms with Gasteiger partial charge in [-0.15, -0.1) is 11.3 Å². The van der Waals surface area contributed by atoms with E-state index in [-0.39, 0.29) is 6.04 Å². The zero-order chi connectivity index (χ0) is 13.9. The quantitative estimate of drug-likeness (QED) is 0.782. The summed E-state index contributed by atoms with van der Waals surface area (Å²) in [5.41, 5.74) is 1.06. The maximum absolute atomic E-state index is 4.95. The van der Waals surface area contributed by atoms with E-state index in [9.17, 15) is 0 Å². The summed E-state index contributed by atoms with van der Waals surface area (Å²) >= 11 is 1.73. The number of aromatic nitrogens is 3. The third-order valence-corrected chi connectivity index (χ3v) is 4.27. The van der Waals surface area contributed by atoms with Gasteiger partial charge < -0.3 is 9.84 Å². The molecule has 1 aromatic carbocycles. The summed E-state index contributed by atoms with van der Waals surface area (Å²) in [4.78, 5) is 8.83. The van der Waals surface area contributed by atoms with Crippen molar-refractivity contribution >= 4 is 21.6 Å². The predicted molar refractivity (Wildman–Crippen MR) is 78.8 cm³/mol. The van der Waals surface area contributed by atoms with Gasteiger partial charge >= 0.3 is 0 Å². The monoisotopic (exact) mass is 288 g/mol. The molecule has 5 nitrogen and oxygen atoms in total. The second kappa shape index (κ2) is 5.68. The van der Waals surface area contributed by atoms with E-state index in [1.807, 2.05) is 18.2 Å². The molecule has 104 valence electrons. The van der Waals surface area contributed by atoms with Crippen LogP contribution in [-0.2, 0) is 6.42 Å². The van der Waals surface area contributed by atoms with Crippen molar-refractivity contribution in [1.29, 1.82) is 0 Å². The van der Waals surface area contributed by atoms with Crippen LogP contribution in [0, 0.1) is 6.92 Å². The highest BCUT2D eigenvalue weighted by molar-refractivity contribution is 7.18. The number of rotatable bonds is 5. The zero-order valence-electron chi connectivity index (χ0n) is 11.5. The summed E-state index contributed by atoms with van der Waals surface area (Å²) in [7, 11) is 0. The van der Waals surface area contributed by atoms with Crippen LogP contribution in [0.25, 0.3) is 10.2 Å². The van der Waals surface area contributed by atoms with Gasteiger partial charge in [0.1, 0.15) is 5.01 Å². The molecule has 0 saturated carbocycles. The Morgan fingerprint density at radius 3 is 2.90 bits per heavy atom. The number of aryl methyl sites for hydroxylation is 1. The van der Waals surface area contributed by atoms with E-state index >= 15 is 0 Å². The SMILES string of the molecule is Cc1nc(CCNC(C)c2nc3ccccc3s2)no1. The molecule has 0 amide bonds. The minimum absolute atomic E-state index is 0.223. The fraction of sp³-hybridized carbons (Fsp3) is 0.357. The highest BCUT2D eigenvalue weighted by atomic mass is 32.1. The number of benzene rings is 1. The fourth-order valence-electron chi connectivity index (χ4n) is 2.01. The normalized spacial score (nSPS) is 12.9. The summed E-state index contributed by atoms with van der Waals surface area (Å²) in [6, 6.07) is 8.43. The minimum atomic E-state index is 0.223. The molecule has 0 saturated heterocycles. The van der Waals surface area contributed by atoms with E-state index in [1.54, 1.807) is 18.3 Å². The molecule has 3 rings (SSSR count). The molecule has 2 heterocycles. The van der Waals surface area contributed by atoms with Crippen molar-refractivity contribution in [3.8, 4) is 0 Å². The first-order valence-corrected chi connectivity index (χ1v) is 7.42. The summed E-state index contributed by atoms with van der Waals surface area (Å²) in [5.74, 6) is 1.35. The number of fused-ring (bicyclic) bond motifs is 1. The Morgan fingerprint density at radius 1 is 1.30 bits per heavy atom. The van der Waals surface area contributed by atoms with E-state index in [0.29, 0.717) is 5.89 Å². The van der Waals surface area contributed by atoms with E-state index in [1.165, 1.54) is 4.70 Å². The van der Waals surface area contributed by atoms with Crippen LogP contribution < -0.4 is 5.32 Å². The molecule has 0 radical (unpaired) electrons. The highest BCUT2D eigenvalue weighted by Gasteiger charge is 2.11. The second-order valence-electron chi connectivity index (χ2n) is 4.68. The third-order valence-electron chi connectivity index (χ3n) is 3.05. The number of thiazole rings is 1. The average Bonchev–Trinajstić information content (AvgIpc) is 3.04. The van der Waals surface area contributed by atoms with E-state index in [0.717, 1.165) is 29.3 Å². The third kappa shape index (κ3) is 2.86. The van der Waals surface area contributed by atoms with Gasteiger partial charge in [-0.1, -0.05) is 17.3 Å². The number of nitrogens with one attached hydrogen (secondary N) is 1. The first kappa shape index (κ1) is 13.2. The molecule has 1 atom stereocenters. The van der Waals surface area contributed by atoms with Crippen LogP contribution in [0.3, 0.4) is 0 Å². The lowest BCUT2D eigenvalue weighted by molar-refractivity contribution is 0.386. The van der Waals surface area contributed by atoms with Gasteiger partial charge in [0, 0.05) is 19.9 Å². The van der Waals surface area contributed by atoms with Crippen LogP contribution in [0.4, 0.5) is 0 Å². The smallest absolute Gasteiger partial charge is 0.223 e. The van der Waals surface area contributed by atoms with Crippen LogP contribution in [0.15, 0.2) is 28.8 Å². The van der Waals surface area contributed by atoms with Crippen molar-refractivity contribution in [3.63, 3.8) is 0 Å². The van der Waals surface area contributed by atoms with Crippen molar-refractivity contribution in [2.75, 3.05) is 6.54 Å². The van der Waals surface area contributed by atoms with E-state index in [2.05, 4.69) is 33.4 Å². The molecule has 20 heavy (non-hydrogen) atoms. The minimum Gasteiger partial charge on any atom is -0.340 e. The Kier molecular flexibility index (Phi) is 3.75. The van der Waals surface area contributed by atoms with Gasteiger partial charge in [0.15, 0.2) is 5.82 Å². The highest BCUT2D eigenvalue weighted by Crippen LogP contribution is 2.25. The van der Waals surface area contributed by atoms with Crippen LogP contribution in [0.2, 0.25) is 0 Å². The largest absolute Gasteiger partial charge is 0.340 e. The maximum atomic E-state index is 4.95. The fourth-order valence-corrected chi connectivity index (χ4v) is 3.00. The summed E-state index contributed by atoms with van der Waals surface area (Å²) in [6.45, 7) is 4.73. The van der Waals surface area contributed by atoms with E-state index < -0.39 is 0 Å². The van der Waals surface area contributed by atoms with Crippen LogP contribution in [0.1, 0.15) is 29.7 Å². The molecular formula is C14H16N4OS. The molecule has 1 N–H and O–H groups in total. The van der Waals surface area contributed by atoms with Crippen LogP contribution in [0.5, 0.6) is 0 Å². The molecule has 2 aromatic heterocycles. The average molecular weight is 288 g/mol. The number of nitrogens with zero attached hydrogens (tertiary/aromatic N) is 3. The van der Waals surface area contributed by atoms with Crippen molar-refractivity contribution < 1.29 is 4.52 Å². The predicted octanol–water partition coefficient (Wildman–Crippen LogP) is 2.88. The lowest BCUT2D eigenvalue weighted by Crippen LogP contribution is -2.21. The molecule has 6 heteroatoms. The lowest BCUT2D eigenvalue weighted by atomic mass is 10.3. The Balaban J connectivity index is 1.59. The van der Waals surface area contributed by atoms with Gasteiger partial charge in [0.05, 0.1) is 16.3 Å². The van der Waals surface area contributed by atoms with Crippen LogP contribution in [-0.4, -0.2) is 21.7 Å². The molecular weight excluding hydrogens is 272 g/mol. The van der Waals surface area contributed by atoms with Gasteiger partial charge in [-0.2, -0.15) is 4.98 Å². The zero-order valence-corrected chi connectivity index (χ0v) is 12.3. The second-order valence-corrected chi connectivity index (χ2v) is 5.74. The Hall–Kier alpha value is -1.79. The van der Waals surface area contributed by atoms with Crippen molar-refractivity contribution in [1.82, 2.24) is 20.4 Å². The van der Waals surface area contributed by atoms with Gasteiger partial charge in [-0.3, -0.25) is 0 Å². The number of para-hydroxylation sites is 1. The topological polar surface area (TPSA) is 63.8 Å². The van der Waals surface area contributed by atoms with Gasteiger partial charge in [-0.05, 0) is 19.1 Å². The summed E-state index contributed by atoms with van der Waals surface area (Å²) in [5, 5.41) is 8.43. The molecule has 0 bridgehead atoms. The summed E-state index contributed by atoms with van der Waals surface area (Å²) in [6.07, 6.45) is 0.757. The maximum Gasteiger partial charge on any atom is 0.223 e. The molecule has 0 fully saturated rings.